The first-order valence-corrected chi connectivity index (χ1v) is 6.83. The molecule has 0 saturated heterocycles. The monoisotopic (exact) mass is 287 g/mol. The lowest BCUT2D eigenvalue weighted by Gasteiger charge is -2.14. The van der Waals surface area contributed by atoms with Gasteiger partial charge in [0.1, 0.15) is 12.4 Å². The summed E-state index contributed by atoms with van der Waals surface area (Å²) >= 11 is 0. The Morgan fingerprint density at radius 1 is 1.20 bits per heavy atom. The molecule has 1 rings (SSSR count). The maximum atomic E-state index is 11.9. The fraction of sp³-hybridized carbons (Fsp3) is 0.714. The van der Waals surface area contributed by atoms with Crippen LogP contribution in [0.3, 0.4) is 0 Å². The van der Waals surface area contributed by atoms with Gasteiger partial charge in [-0.2, -0.15) is 0 Å². The smallest absolute Gasteiger partial charge is 0.261 e. The van der Waals surface area contributed by atoms with Crippen LogP contribution in [-0.4, -0.2) is 36.2 Å². The molecule has 0 amide bonds. The van der Waals surface area contributed by atoms with Crippen LogP contribution in [0, 0.1) is 19.8 Å². The van der Waals surface area contributed by atoms with Gasteiger partial charge in [0.05, 0.1) is 6.61 Å². The van der Waals surface area contributed by atoms with E-state index in [1.54, 1.807) is 0 Å². The molecule has 1 aromatic heterocycles. The highest BCUT2D eigenvalue weighted by Crippen LogP contribution is 2.15. The molecule has 4 nitrogen and oxygen atoms in total. The summed E-state index contributed by atoms with van der Waals surface area (Å²) in [5.74, 6) is 1.02. The van der Waals surface area contributed by atoms with Crippen LogP contribution < -0.4 is 5.73 Å². The van der Waals surface area contributed by atoms with E-state index < -0.39 is 13.0 Å². The Morgan fingerprint density at radius 3 is 2.30 bits per heavy atom. The van der Waals surface area contributed by atoms with Gasteiger partial charge >= 0.3 is 0 Å². The quantitative estimate of drug-likeness (QED) is 0.743. The Bertz CT molecular complexity index is 404. The Kier molecular flexibility index (Phi) is 6.95. The van der Waals surface area contributed by atoms with E-state index in [9.17, 15) is 8.78 Å². The van der Waals surface area contributed by atoms with Gasteiger partial charge in [-0.25, -0.2) is 18.7 Å². The number of nitrogens with zero attached hydrogens (tertiary/aromatic N) is 2. The molecule has 0 fully saturated rings. The first-order chi connectivity index (χ1) is 9.43. The van der Waals surface area contributed by atoms with Gasteiger partial charge in [-0.1, -0.05) is 6.92 Å². The fourth-order valence-corrected chi connectivity index (χ4v) is 1.98. The number of alkyl halides is 2. The zero-order valence-electron chi connectivity index (χ0n) is 12.3. The molecule has 0 aliphatic rings. The Balaban J connectivity index is 2.63. The molecule has 20 heavy (non-hydrogen) atoms. The fourth-order valence-electron chi connectivity index (χ4n) is 1.98. The number of nitrogens with two attached hydrogens (primary N) is 1. The minimum Gasteiger partial charge on any atom is -0.375 e. The van der Waals surface area contributed by atoms with Crippen LogP contribution in [0.15, 0.2) is 0 Å². The van der Waals surface area contributed by atoms with E-state index >= 15 is 0 Å². The summed E-state index contributed by atoms with van der Waals surface area (Å²) in [6.07, 6.45) is -1.13. The van der Waals surface area contributed by atoms with Crippen molar-refractivity contribution in [2.75, 3.05) is 19.8 Å². The molecule has 114 valence electrons. The third kappa shape index (κ3) is 5.46. The van der Waals surface area contributed by atoms with E-state index in [1.165, 1.54) is 0 Å². The van der Waals surface area contributed by atoms with Crippen LogP contribution in [0.5, 0.6) is 0 Å². The number of hydrogen-bond acceptors (Lipinski definition) is 4. The topological polar surface area (TPSA) is 61.0 Å². The van der Waals surface area contributed by atoms with Gasteiger partial charge in [-0.15, -0.1) is 0 Å². The summed E-state index contributed by atoms with van der Waals surface area (Å²) in [4.78, 5) is 8.84. The first kappa shape index (κ1) is 16.9. The third-order valence-corrected chi connectivity index (χ3v) is 3.14. The van der Waals surface area contributed by atoms with E-state index in [-0.39, 0.29) is 6.61 Å². The van der Waals surface area contributed by atoms with E-state index in [4.69, 9.17) is 10.5 Å². The van der Waals surface area contributed by atoms with Crippen molar-refractivity contribution in [3.63, 3.8) is 0 Å². The molecular weight excluding hydrogens is 264 g/mol. The highest BCUT2D eigenvalue weighted by Gasteiger charge is 2.11. The van der Waals surface area contributed by atoms with Crippen molar-refractivity contribution in [2.24, 2.45) is 11.7 Å². The summed E-state index contributed by atoms with van der Waals surface area (Å²) in [6.45, 7) is 6.27. The normalized spacial score (nSPS) is 12.9. The lowest BCUT2D eigenvalue weighted by molar-refractivity contribution is 0.0182. The molecule has 0 aliphatic heterocycles. The van der Waals surface area contributed by atoms with Gasteiger partial charge in [0.15, 0.2) is 0 Å². The Morgan fingerprint density at radius 2 is 1.80 bits per heavy atom. The number of aromatic nitrogens is 2. The molecule has 0 spiro atoms. The molecule has 0 aliphatic carbocycles. The molecule has 1 unspecified atom stereocenters. The van der Waals surface area contributed by atoms with E-state index in [0.29, 0.717) is 24.7 Å². The highest BCUT2D eigenvalue weighted by atomic mass is 19.3. The van der Waals surface area contributed by atoms with Gasteiger partial charge in [-0.3, -0.25) is 0 Å². The average molecular weight is 287 g/mol. The molecule has 1 atom stereocenters. The highest BCUT2D eigenvalue weighted by molar-refractivity contribution is 5.25. The predicted octanol–water partition coefficient (Wildman–Crippen LogP) is 2.05. The van der Waals surface area contributed by atoms with Crippen molar-refractivity contribution in [2.45, 2.75) is 40.0 Å². The number of ether oxygens (including phenoxy) is 1. The van der Waals surface area contributed by atoms with Crippen LogP contribution in [0.2, 0.25) is 0 Å². The molecular formula is C14H23F2N3O. The van der Waals surface area contributed by atoms with Gasteiger partial charge in [0.25, 0.3) is 6.43 Å². The zero-order chi connectivity index (χ0) is 15.1. The second-order valence-electron chi connectivity index (χ2n) is 5.05. The van der Waals surface area contributed by atoms with Crippen LogP contribution >= 0.6 is 0 Å². The molecule has 0 aromatic carbocycles. The SMILES string of the molecule is Cc1nc(CCOCC(F)F)nc(C)c1CC(C)CN. The van der Waals surface area contributed by atoms with E-state index in [2.05, 4.69) is 16.9 Å². The lowest BCUT2D eigenvalue weighted by Crippen LogP contribution is -2.16. The van der Waals surface area contributed by atoms with Gasteiger partial charge in [0, 0.05) is 17.8 Å². The molecule has 0 saturated carbocycles. The second-order valence-corrected chi connectivity index (χ2v) is 5.05. The maximum absolute atomic E-state index is 11.9. The molecule has 1 heterocycles. The number of rotatable bonds is 8. The Hall–Kier alpha value is -1.14. The molecule has 0 bridgehead atoms. The standard InChI is InChI=1S/C14H23F2N3O/c1-9(7-17)6-12-10(2)18-14(19-11(12)3)4-5-20-8-13(15)16/h9,13H,4-8,17H2,1-3H3. The summed E-state index contributed by atoms with van der Waals surface area (Å²) in [5, 5.41) is 0. The minimum absolute atomic E-state index is 0.210. The first-order valence-electron chi connectivity index (χ1n) is 6.83. The lowest BCUT2D eigenvalue weighted by atomic mass is 9.99. The van der Waals surface area contributed by atoms with Crippen LogP contribution in [-0.2, 0) is 17.6 Å². The van der Waals surface area contributed by atoms with Crippen LogP contribution in [0.4, 0.5) is 8.78 Å². The van der Waals surface area contributed by atoms with Crippen molar-refractivity contribution in [3.8, 4) is 0 Å². The largest absolute Gasteiger partial charge is 0.375 e. The van der Waals surface area contributed by atoms with Crippen LogP contribution in [0.25, 0.3) is 0 Å². The zero-order valence-corrected chi connectivity index (χ0v) is 12.3. The maximum Gasteiger partial charge on any atom is 0.261 e. The van der Waals surface area contributed by atoms with Crippen molar-refractivity contribution in [1.82, 2.24) is 9.97 Å². The second kappa shape index (κ2) is 8.21. The van der Waals surface area contributed by atoms with Crippen molar-refractivity contribution >= 4 is 0 Å². The summed E-state index contributed by atoms with van der Waals surface area (Å²) in [5.41, 5.74) is 8.63. The molecule has 0 radical (unpaired) electrons. The summed E-state index contributed by atoms with van der Waals surface area (Å²) in [6, 6.07) is 0. The minimum atomic E-state index is -2.43. The van der Waals surface area contributed by atoms with Crippen molar-refractivity contribution < 1.29 is 13.5 Å². The Labute approximate surface area is 118 Å². The van der Waals surface area contributed by atoms with Gasteiger partial charge in [-0.05, 0) is 38.3 Å². The number of hydrogen-bond donors (Lipinski definition) is 1. The molecule has 2 N–H and O–H groups in total. The predicted molar refractivity (Wildman–Crippen MR) is 74.0 cm³/mol. The van der Waals surface area contributed by atoms with Gasteiger partial charge in [0.2, 0.25) is 0 Å². The molecule has 6 heteroatoms. The van der Waals surface area contributed by atoms with Crippen molar-refractivity contribution in [1.29, 1.82) is 0 Å². The average Bonchev–Trinajstić information content (AvgIpc) is 2.38. The van der Waals surface area contributed by atoms with E-state index in [1.807, 2.05) is 13.8 Å². The number of aryl methyl sites for hydroxylation is 2. The van der Waals surface area contributed by atoms with Crippen molar-refractivity contribution in [3.05, 3.63) is 22.8 Å². The third-order valence-electron chi connectivity index (χ3n) is 3.14. The number of halogens is 2. The summed E-state index contributed by atoms with van der Waals surface area (Å²) in [7, 11) is 0. The molecule has 1 aromatic rings. The summed E-state index contributed by atoms with van der Waals surface area (Å²) < 4.78 is 28.7. The van der Waals surface area contributed by atoms with E-state index in [0.717, 1.165) is 23.4 Å². The van der Waals surface area contributed by atoms with Crippen LogP contribution in [0.1, 0.15) is 29.7 Å². The van der Waals surface area contributed by atoms with Gasteiger partial charge < -0.3 is 10.5 Å².